The number of aliphatic hydroxyl groups excluding tert-OH is 1. The fourth-order valence-corrected chi connectivity index (χ4v) is 8.78. The zero-order chi connectivity index (χ0) is 48.9. The predicted molar refractivity (Wildman–Crippen MR) is 273 cm³/mol. The summed E-state index contributed by atoms with van der Waals surface area (Å²) in [6.45, 7) is 10.5. The summed E-state index contributed by atoms with van der Waals surface area (Å²) in [6, 6.07) is 30.7. The molecule has 4 aromatic rings. The topological polar surface area (TPSA) is 140 Å². The number of Topliss-reactive ketones (excluding diaryl/α,β-unsaturated/α-hetero) is 2. The fourth-order valence-electron chi connectivity index (χ4n) is 8.32. The molecule has 1 heterocycles. The van der Waals surface area contributed by atoms with Gasteiger partial charge in [0.2, 0.25) is 6.08 Å². The van der Waals surface area contributed by atoms with Gasteiger partial charge in [0.15, 0.2) is 0 Å². The maximum absolute atomic E-state index is 13.2. The molecule has 6 rings (SSSR count). The van der Waals surface area contributed by atoms with E-state index in [1.165, 1.54) is 17.2 Å². The molecule has 1 saturated heterocycles. The van der Waals surface area contributed by atoms with Gasteiger partial charge in [0.05, 0.1) is 29.5 Å². The van der Waals surface area contributed by atoms with Gasteiger partial charge in [0.1, 0.15) is 23.8 Å². The number of aliphatic hydroxyl groups is 1. The van der Waals surface area contributed by atoms with E-state index < -0.39 is 16.4 Å². The highest BCUT2D eigenvalue weighted by Gasteiger charge is 2.42. The molecule has 0 atom stereocenters. The average molecular weight is 993 g/mol. The van der Waals surface area contributed by atoms with Gasteiger partial charge >= 0.3 is 12.1 Å². The number of ketones is 2. The standard InChI is InChI=1S/C26H31ClO3.C20H28ClNO4.C9H9NO.ClH/c1-2-20-10-12-21(13-11-20)18-25(29)30-19-26(16-6-3-7-17-26)24(28)15-14-22-8-4-5-9-23(22)27;1-19(2,3)26-18(25)22-12-10-20(14-23,11-13-22)17(24)9-8-15-6-4-5-7-16(15)21;1-2-8-3-5-9(6-4-8)10-7-11;/h4-5,8-13H,2-3,6-7,14-19H2,1H3;4-7,23H,8-14H2,1-3H3;3-6H,2H2,1H3;1H. The van der Waals surface area contributed by atoms with Crippen LogP contribution in [0.4, 0.5) is 10.5 Å². The molecule has 2 fully saturated rings. The Morgan fingerprint density at radius 1 is 0.691 bits per heavy atom. The van der Waals surface area contributed by atoms with Gasteiger partial charge in [-0.2, -0.15) is 4.99 Å². The molecule has 1 aliphatic carbocycles. The molecule has 0 unspecified atom stereocenters. The van der Waals surface area contributed by atoms with E-state index in [0.29, 0.717) is 67.3 Å². The lowest BCUT2D eigenvalue weighted by Crippen LogP contribution is -2.49. The largest absolute Gasteiger partial charge is 0.464 e. The van der Waals surface area contributed by atoms with Crippen LogP contribution in [0, 0.1) is 10.8 Å². The molecule has 4 aromatic carbocycles. The summed E-state index contributed by atoms with van der Waals surface area (Å²) in [5.74, 6) is -0.0333. The van der Waals surface area contributed by atoms with E-state index in [4.69, 9.17) is 32.7 Å². The predicted octanol–water partition coefficient (Wildman–Crippen LogP) is 12.6. The number of aryl methyl sites for hydroxylation is 4. The van der Waals surface area contributed by atoms with Gasteiger partial charge in [-0.25, -0.2) is 9.59 Å². The van der Waals surface area contributed by atoms with E-state index in [0.717, 1.165) is 61.6 Å². The normalized spacial score (nSPS) is 14.8. The van der Waals surface area contributed by atoms with Crippen molar-refractivity contribution in [2.24, 2.45) is 15.8 Å². The first-order chi connectivity index (χ1) is 32.1. The number of carbonyl (C=O) groups is 4. The quantitative estimate of drug-likeness (QED) is 0.0665. The molecule has 1 N–H and O–H groups in total. The van der Waals surface area contributed by atoms with Gasteiger partial charge < -0.3 is 19.5 Å². The molecular weight excluding hydrogens is 923 g/mol. The van der Waals surface area contributed by atoms with Crippen LogP contribution in [-0.4, -0.2) is 71.6 Å². The highest BCUT2D eigenvalue weighted by molar-refractivity contribution is 6.31. The van der Waals surface area contributed by atoms with E-state index in [1.54, 1.807) is 4.90 Å². The maximum Gasteiger partial charge on any atom is 0.410 e. The van der Waals surface area contributed by atoms with Crippen LogP contribution in [0.3, 0.4) is 0 Å². The lowest BCUT2D eigenvalue weighted by molar-refractivity contribution is -0.151. The second-order valence-corrected chi connectivity index (χ2v) is 19.3. The third-order valence-corrected chi connectivity index (χ3v) is 13.4. The van der Waals surface area contributed by atoms with E-state index in [2.05, 4.69) is 18.8 Å². The third-order valence-electron chi connectivity index (χ3n) is 12.6. The van der Waals surface area contributed by atoms with Crippen molar-refractivity contribution in [1.29, 1.82) is 0 Å². The number of hydrogen-bond donors (Lipinski definition) is 1. The Balaban J connectivity index is 0.000000294. The van der Waals surface area contributed by atoms with E-state index in [-0.39, 0.29) is 55.7 Å². The average Bonchev–Trinajstić information content (AvgIpc) is 3.33. The Kier molecular flexibility index (Phi) is 24.2. The molecule has 0 aromatic heterocycles. The zero-order valence-electron chi connectivity index (χ0n) is 40.3. The van der Waals surface area contributed by atoms with Gasteiger partial charge in [-0.1, -0.05) is 129 Å². The molecule has 10 nitrogen and oxygen atoms in total. The van der Waals surface area contributed by atoms with Gasteiger partial charge in [-0.3, -0.25) is 14.4 Å². The van der Waals surface area contributed by atoms with E-state index in [1.807, 2.05) is 118 Å². The van der Waals surface area contributed by atoms with Crippen molar-refractivity contribution in [3.05, 3.63) is 135 Å². The SMILES string of the molecule is CC(C)(C)OC(=O)N1CCC(CO)(C(=O)CCc2ccccc2Cl)CC1.CCc1ccc(CC(=O)OCC2(C(=O)CCc3ccccc3Cl)CCCCC2)cc1.CCc1ccc(N=C=O)cc1.Cl. The summed E-state index contributed by atoms with van der Waals surface area (Å²) in [6.07, 6.45) is 10.9. The summed E-state index contributed by atoms with van der Waals surface area (Å²) in [4.78, 5) is 65.6. The van der Waals surface area contributed by atoms with Crippen molar-refractivity contribution in [3.8, 4) is 0 Å². The van der Waals surface area contributed by atoms with Crippen LogP contribution in [0.15, 0.2) is 102 Å². The molecule has 0 radical (unpaired) electrons. The van der Waals surface area contributed by atoms with Gasteiger partial charge in [-0.15, -0.1) is 12.4 Å². The number of isocyanates is 1. The molecule has 2 aliphatic rings. The number of rotatable bonds is 16. The smallest absolute Gasteiger partial charge is 0.410 e. The molecular formula is C55H69Cl3N2O8. The van der Waals surface area contributed by atoms with Crippen molar-refractivity contribution in [3.63, 3.8) is 0 Å². The number of amides is 1. The minimum Gasteiger partial charge on any atom is -0.464 e. The molecule has 1 aliphatic heterocycles. The Morgan fingerprint density at radius 3 is 1.62 bits per heavy atom. The van der Waals surface area contributed by atoms with Crippen LogP contribution in [0.2, 0.25) is 10.0 Å². The number of esters is 1. The second-order valence-electron chi connectivity index (χ2n) is 18.5. The molecule has 68 heavy (non-hydrogen) atoms. The number of nitrogens with zero attached hydrogens (tertiary/aromatic N) is 2. The summed E-state index contributed by atoms with van der Waals surface area (Å²) < 4.78 is 11.0. The number of carbonyl (C=O) groups excluding carboxylic acids is 5. The third kappa shape index (κ3) is 18.2. The van der Waals surface area contributed by atoms with Crippen molar-refractivity contribution in [1.82, 2.24) is 4.90 Å². The molecule has 1 amide bonds. The number of aliphatic imine (C=N–C) groups is 1. The highest BCUT2D eigenvalue weighted by Crippen LogP contribution is 2.39. The summed E-state index contributed by atoms with van der Waals surface area (Å²) >= 11 is 12.4. The van der Waals surface area contributed by atoms with Gasteiger partial charge in [0, 0.05) is 36.0 Å². The van der Waals surface area contributed by atoms with Gasteiger partial charge in [-0.05, 0) is 124 Å². The van der Waals surface area contributed by atoms with Crippen LogP contribution in [0.25, 0.3) is 0 Å². The van der Waals surface area contributed by atoms with Crippen LogP contribution in [0.1, 0.15) is 120 Å². The van der Waals surface area contributed by atoms with E-state index >= 15 is 0 Å². The summed E-state index contributed by atoms with van der Waals surface area (Å²) in [7, 11) is 0. The monoisotopic (exact) mass is 990 g/mol. The maximum atomic E-state index is 13.2. The van der Waals surface area contributed by atoms with Crippen molar-refractivity contribution in [2.75, 3.05) is 26.3 Å². The van der Waals surface area contributed by atoms with Crippen molar-refractivity contribution >= 4 is 71.0 Å². The molecule has 1 saturated carbocycles. The molecule has 0 bridgehead atoms. The van der Waals surface area contributed by atoms with Gasteiger partial charge in [0.25, 0.3) is 0 Å². The molecule has 368 valence electrons. The van der Waals surface area contributed by atoms with Crippen LogP contribution >= 0.6 is 35.6 Å². The number of piperidine rings is 1. The first kappa shape index (κ1) is 57.5. The highest BCUT2D eigenvalue weighted by atomic mass is 35.5. The van der Waals surface area contributed by atoms with E-state index in [9.17, 15) is 29.1 Å². The Morgan fingerprint density at radius 2 is 1.16 bits per heavy atom. The summed E-state index contributed by atoms with van der Waals surface area (Å²) in [5.41, 5.74) is 4.16. The van der Waals surface area contributed by atoms with Crippen LogP contribution < -0.4 is 0 Å². The lowest BCUT2D eigenvalue weighted by atomic mass is 9.70. The first-order valence-electron chi connectivity index (χ1n) is 23.6. The number of likely N-dealkylation sites (tertiary alicyclic amines) is 1. The number of benzene rings is 4. The number of ether oxygens (including phenoxy) is 2. The summed E-state index contributed by atoms with van der Waals surface area (Å²) in [5, 5.41) is 11.2. The van der Waals surface area contributed by atoms with Crippen molar-refractivity contribution < 1.29 is 38.6 Å². The minimum atomic E-state index is -0.778. The van der Waals surface area contributed by atoms with Crippen molar-refractivity contribution in [2.45, 2.75) is 130 Å². The fraction of sp³-hybridized carbons (Fsp3) is 0.473. The molecule has 13 heteroatoms. The van der Waals surface area contributed by atoms with Crippen LogP contribution in [0.5, 0.6) is 0 Å². The Labute approximate surface area is 419 Å². The first-order valence-corrected chi connectivity index (χ1v) is 24.3. The second kappa shape index (κ2) is 28.6. The Bertz CT molecular complexity index is 2260. The number of halogens is 3. The zero-order valence-corrected chi connectivity index (χ0v) is 42.7. The minimum absolute atomic E-state index is 0. The lowest BCUT2D eigenvalue weighted by Gasteiger charge is -2.40. The Hall–Kier alpha value is -4.83. The van der Waals surface area contributed by atoms with Crippen LogP contribution in [-0.2, 0) is 60.8 Å². The molecule has 0 spiro atoms. The number of hydrogen-bond acceptors (Lipinski definition) is 9.